The van der Waals surface area contributed by atoms with Crippen LogP contribution in [0.2, 0.25) is 0 Å². The Morgan fingerprint density at radius 3 is 2.14 bits per heavy atom. The highest BCUT2D eigenvalue weighted by Crippen LogP contribution is 2.04. The fourth-order valence-electron chi connectivity index (χ4n) is 2.26. The Morgan fingerprint density at radius 1 is 1.05 bits per heavy atom. The molecular formula is C14H24N4O4. The molecule has 1 heterocycles. The van der Waals surface area contributed by atoms with E-state index in [0.29, 0.717) is 32.7 Å². The summed E-state index contributed by atoms with van der Waals surface area (Å²) in [4.78, 5) is 51.4. The number of carbonyl (C=O) groups is 4. The first kappa shape index (κ1) is 17.9. The highest BCUT2D eigenvalue weighted by molar-refractivity contribution is 6.35. The van der Waals surface area contributed by atoms with Crippen LogP contribution >= 0.6 is 0 Å². The van der Waals surface area contributed by atoms with E-state index in [1.54, 1.807) is 11.8 Å². The van der Waals surface area contributed by atoms with Crippen molar-refractivity contribution in [2.75, 3.05) is 45.8 Å². The Labute approximate surface area is 130 Å². The van der Waals surface area contributed by atoms with Crippen molar-refractivity contribution < 1.29 is 19.2 Å². The average molecular weight is 312 g/mol. The molecule has 124 valence electrons. The molecule has 1 saturated heterocycles. The molecule has 8 nitrogen and oxygen atoms in total. The zero-order valence-electron chi connectivity index (χ0n) is 13.4. The molecule has 0 bridgehead atoms. The van der Waals surface area contributed by atoms with Gasteiger partial charge in [-0.2, -0.15) is 0 Å². The summed E-state index contributed by atoms with van der Waals surface area (Å²) in [5.41, 5.74) is 0. The Bertz CT molecular complexity index is 448. The summed E-state index contributed by atoms with van der Waals surface area (Å²) in [6.07, 6.45) is 0. The lowest BCUT2D eigenvalue weighted by Gasteiger charge is -2.32. The van der Waals surface area contributed by atoms with Gasteiger partial charge >= 0.3 is 11.8 Å². The highest BCUT2D eigenvalue weighted by atomic mass is 16.2. The third-order valence-corrected chi connectivity index (χ3v) is 3.67. The van der Waals surface area contributed by atoms with E-state index in [9.17, 15) is 19.2 Å². The fraction of sp³-hybridized carbons (Fsp3) is 0.714. The van der Waals surface area contributed by atoms with Crippen LogP contribution in [0.25, 0.3) is 0 Å². The number of likely N-dealkylation sites (N-methyl/N-ethyl adjacent to an activating group) is 2. The summed E-state index contributed by atoms with van der Waals surface area (Å²) in [5.74, 6) is -1.86. The zero-order valence-corrected chi connectivity index (χ0v) is 13.4. The van der Waals surface area contributed by atoms with Gasteiger partial charge in [0.05, 0.1) is 6.54 Å². The first-order valence-electron chi connectivity index (χ1n) is 7.57. The number of amides is 4. The minimum Gasteiger partial charge on any atom is -0.345 e. The molecule has 0 radical (unpaired) electrons. The second-order valence-corrected chi connectivity index (χ2v) is 4.95. The van der Waals surface area contributed by atoms with Crippen LogP contribution in [0.3, 0.4) is 0 Å². The summed E-state index contributed by atoms with van der Waals surface area (Å²) in [5, 5.41) is 2.49. The normalized spacial score (nSPS) is 15.0. The first-order chi connectivity index (χ1) is 10.4. The van der Waals surface area contributed by atoms with E-state index >= 15 is 0 Å². The third-order valence-electron chi connectivity index (χ3n) is 3.67. The molecular weight excluding hydrogens is 288 g/mol. The average Bonchev–Trinajstić information content (AvgIpc) is 2.51. The van der Waals surface area contributed by atoms with Gasteiger partial charge in [-0.3, -0.25) is 19.2 Å². The van der Waals surface area contributed by atoms with Gasteiger partial charge < -0.3 is 20.0 Å². The first-order valence-corrected chi connectivity index (χ1v) is 7.57. The molecule has 0 aliphatic carbocycles. The van der Waals surface area contributed by atoms with Gasteiger partial charge in [-0.25, -0.2) is 0 Å². The number of hydrogen-bond acceptors (Lipinski definition) is 4. The summed E-state index contributed by atoms with van der Waals surface area (Å²) in [7, 11) is 0. The molecule has 0 aromatic carbocycles. The van der Waals surface area contributed by atoms with Gasteiger partial charge in [-0.05, 0) is 20.8 Å². The molecule has 0 atom stereocenters. The number of carbonyl (C=O) groups excluding carboxylic acids is 4. The van der Waals surface area contributed by atoms with Gasteiger partial charge in [-0.15, -0.1) is 0 Å². The second-order valence-electron chi connectivity index (χ2n) is 4.95. The lowest BCUT2D eigenvalue weighted by atomic mass is 10.3. The molecule has 0 aromatic heterocycles. The van der Waals surface area contributed by atoms with E-state index < -0.39 is 17.7 Å². The number of piperazine rings is 1. The van der Waals surface area contributed by atoms with Crippen molar-refractivity contribution in [1.82, 2.24) is 20.0 Å². The van der Waals surface area contributed by atoms with Crippen LogP contribution in [0.4, 0.5) is 0 Å². The SMILES string of the molecule is CCN(CC)C(=O)CNC(=O)CN1CCN(CC)C(=O)C1=O. The third kappa shape index (κ3) is 4.44. The lowest BCUT2D eigenvalue weighted by molar-refractivity contribution is -0.156. The molecule has 0 unspecified atom stereocenters. The quantitative estimate of drug-likeness (QED) is 0.589. The highest BCUT2D eigenvalue weighted by Gasteiger charge is 2.32. The van der Waals surface area contributed by atoms with Crippen molar-refractivity contribution in [2.45, 2.75) is 20.8 Å². The van der Waals surface area contributed by atoms with Gasteiger partial charge in [0.25, 0.3) is 0 Å². The Balaban J connectivity index is 2.44. The van der Waals surface area contributed by atoms with Crippen LogP contribution in [0.1, 0.15) is 20.8 Å². The van der Waals surface area contributed by atoms with Crippen molar-refractivity contribution in [3.05, 3.63) is 0 Å². The summed E-state index contributed by atoms with van der Waals surface area (Å²) >= 11 is 0. The Hall–Kier alpha value is -2.12. The fourth-order valence-corrected chi connectivity index (χ4v) is 2.26. The van der Waals surface area contributed by atoms with Crippen LogP contribution in [0.15, 0.2) is 0 Å². The molecule has 8 heteroatoms. The topological polar surface area (TPSA) is 90.0 Å². The minimum atomic E-state index is -0.668. The smallest absolute Gasteiger partial charge is 0.312 e. The maximum atomic E-state index is 11.8. The van der Waals surface area contributed by atoms with Gasteiger partial charge in [0.2, 0.25) is 11.8 Å². The van der Waals surface area contributed by atoms with Crippen LogP contribution < -0.4 is 5.32 Å². The molecule has 1 fully saturated rings. The monoisotopic (exact) mass is 312 g/mol. The summed E-state index contributed by atoms with van der Waals surface area (Å²) in [6.45, 7) is 7.61. The van der Waals surface area contributed by atoms with E-state index in [-0.39, 0.29) is 19.0 Å². The van der Waals surface area contributed by atoms with E-state index in [1.807, 2.05) is 13.8 Å². The van der Waals surface area contributed by atoms with Crippen LogP contribution in [0, 0.1) is 0 Å². The Morgan fingerprint density at radius 2 is 1.59 bits per heavy atom. The van der Waals surface area contributed by atoms with Crippen LogP contribution in [-0.4, -0.2) is 84.1 Å². The van der Waals surface area contributed by atoms with Crippen LogP contribution in [0.5, 0.6) is 0 Å². The summed E-state index contributed by atoms with van der Waals surface area (Å²) in [6, 6.07) is 0. The van der Waals surface area contributed by atoms with E-state index in [1.165, 1.54) is 9.80 Å². The van der Waals surface area contributed by atoms with Crippen molar-refractivity contribution in [3.63, 3.8) is 0 Å². The Kier molecular flexibility index (Phi) is 6.81. The molecule has 0 saturated carbocycles. The zero-order chi connectivity index (χ0) is 16.7. The van der Waals surface area contributed by atoms with Gasteiger partial charge in [0, 0.05) is 32.7 Å². The lowest BCUT2D eigenvalue weighted by Crippen LogP contribution is -2.56. The van der Waals surface area contributed by atoms with E-state index in [2.05, 4.69) is 5.32 Å². The van der Waals surface area contributed by atoms with Crippen molar-refractivity contribution in [1.29, 1.82) is 0 Å². The van der Waals surface area contributed by atoms with Crippen molar-refractivity contribution in [2.24, 2.45) is 0 Å². The maximum absolute atomic E-state index is 11.8. The number of nitrogens with zero attached hydrogens (tertiary/aromatic N) is 3. The molecule has 1 aliphatic heterocycles. The van der Waals surface area contributed by atoms with Crippen LogP contribution in [-0.2, 0) is 19.2 Å². The number of rotatable bonds is 7. The molecule has 0 spiro atoms. The molecule has 1 aliphatic rings. The van der Waals surface area contributed by atoms with E-state index in [0.717, 1.165) is 0 Å². The van der Waals surface area contributed by atoms with Crippen molar-refractivity contribution in [3.8, 4) is 0 Å². The predicted octanol–water partition coefficient (Wildman–Crippen LogP) is -1.34. The molecule has 1 rings (SSSR count). The minimum absolute atomic E-state index is 0.0996. The van der Waals surface area contributed by atoms with E-state index in [4.69, 9.17) is 0 Å². The van der Waals surface area contributed by atoms with Crippen molar-refractivity contribution >= 4 is 23.6 Å². The summed E-state index contributed by atoms with van der Waals surface area (Å²) < 4.78 is 0. The van der Waals surface area contributed by atoms with Gasteiger partial charge in [0.1, 0.15) is 6.54 Å². The second kappa shape index (κ2) is 8.35. The van der Waals surface area contributed by atoms with Gasteiger partial charge in [0.15, 0.2) is 0 Å². The largest absolute Gasteiger partial charge is 0.345 e. The maximum Gasteiger partial charge on any atom is 0.312 e. The number of hydrogen-bond donors (Lipinski definition) is 1. The van der Waals surface area contributed by atoms with Gasteiger partial charge in [-0.1, -0.05) is 0 Å². The molecule has 22 heavy (non-hydrogen) atoms. The molecule has 4 amide bonds. The number of nitrogens with one attached hydrogen (secondary N) is 1. The predicted molar refractivity (Wildman–Crippen MR) is 79.8 cm³/mol. The molecule has 0 aromatic rings. The standard InChI is InChI=1S/C14H24N4O4/c1-4-16(5-2)12(20)9-15-11(19)10-18-8-7-17(6-3)13(21)14(18)22/h4-10H2,1-3H3,(H,15,19). The molecule has 1 N–H and O–H groups in total.